The van der Waals surface area contributed by atoms with Crippen LogP contribution in [0.5, 0.6) is 0 Å². The van der Waals surface area contributed by atoms with Crippen LogP contribution in [0.2, 0.25) is 0 Å². The van der Waals surface area contributed by atoms with Crippen LogP contribution in [0.3, 0.4) is 0 Å². The van der Waals surface area contributed by atoms with E-state index in [-0.39, 0.29) is 0 Å². The van der Waals surface area contributed by atoms with Crippen molar-refractivity contribution in [2.75, 3.05) is 0 Å². The van der Waals surface area contributed by atoms with E-state index in [1.54, 1.807) is 0 Å². The van der Waals surface area contributed by atoms with Crippen molar-refractivity contribution in [2.24, 2.45) is 0 Å². The first-order chi connectivity index (χ1) is 7.93. The molecule has 0 amide bonds. The van der Waals surface area contributed by atoms with Crippen molar-refractivity contribution in [2.45, 2.75) is 0 Å². The molecule has 12 heteroatoms. The van der Waals surface area contributed by atoms with Crippen molar-refractivity contribution < 1.29 is 59.4 Å². The van der Waals surface area contributed by atoms with Gasteiger partial charge in [-0.3, -0.25) is 0 Å². The van der Waals surface area contributed by atoms with Crippen LogP contribution in [0.15, 0.2) is 0 Å². The fourth-order valence-corrected chi connectivity index (χ4v) is 0. The normalized spacial score (nSPS) is 7.33. The van der Waals surface area contributed by atoms with Gasteiger partial charge in [0.15, 0.2) is 0 Å². The van der Waals surface area contributed by atoms with Crippen LogP contribution in [-0.2, 0) is 28.8 Å². The fourth-order valence-electron chi connectivity index (χ4n) is 0. The maximum Gasteiger partial charge on any atom is 0.414 e. The summed E-state index contributed by atoms with van der Waals surface area (Å²) in [6.07, 6.45) is 0. The van der Waals surface area contributed by atoms with Gasteiger partial charge in [-0.25, -0.2) is 28.8 Å². The van der Waals surface area contributed by atoms with Gasteiger partial charge >= 0.3 is 35.8 Å². The first-order valence-electron chi connectivity index (χ1n) is 3.32. The number of hydrogen-bond acceptors (Lipinski definition) is 6. The third-order valence-electron chi connectivity index (χ3n) is 0.549. The standard InChI is InChI=1S/3C2H2O4/c3*3-1(4)2(5)6/h3*(H,3,4)(H,5,6). The number of aliphatic carboxylic acids is 6. The van der Waals surface area contributed by atoms with Gasteiger partial charge in [0.1, 0.15) is 0 Å². The van der Waals surface area contributed by atoms with Gasteiger partial charge in [0.05, 0.1) is 0 Å². The highest BCUT2D eigenvalue weighted by molar-refractivity contribution is 6.28. The molecule has 0 aliphatic rings. The Morgan fingerprint density at radius 1 is 0.333 bits per heavy atom. The number of carboxylic acid groups (broad SMARTS) is 6. The second-order valence-corrected chi connectivity index (χ2v) is 1.83. The molecule has 6 N–H and O–H groups in total. The van der Waals surface area contributed by atoms with E-state index in [0.29, 0.717) is 0 Å². The van der Waals surface area contributed by atoms with E-state index < -0.39 is 35.8 Å². The van der Waals surface area contributed by atoms with Gasteiger partial charge in [-0.2, -0.15) is 0 Å². The van der Waals surface area contributed by atoms with Crippen molar-refractivity contribution in [3.8, 4) is 0 Å². The molecule has 0 spiro atoms. The van der Waals surface area contributed by atoms with Crippen LogP contribution in [0, 0.1) is 0 Å². The molecule has 102 valence electrons. The second-order valence-electron chi connectivity index (χ2n) is 1.83. The van der Waals surface area contributed by atoms with Gasteiger partial charge in [0.2, 0.25) is 0 Å². The molecule has 0 atom stereocenters. The molecule has 0 heterocycles. The predicted molar refractivity (Wildman–Crippen MR) is 45.8 cm³/mol. The Hall–Kier alpha value is -3.18. The molecule has 0 unspecified atom stereocenters. The van der Waals surface area contributed by atoms with E-state index >= 15 is 0 Å². The molecule has 0 aromatic heterocycles. The van der Waals surface area contributed by atoms with E-state index in [4.69, 9.17) is 59.4 Å². The third-order valence-corrected chi connectivity index (χ3v) is 0.549. The third kappa shape index (κ3) is 23.0. The monoisotopic (exact) mass is 270 g/mol. The zero-order chi connectivity index (χ0) is 15.5. The molecule has 18 heavy (non-hydrogen) atoms. The summed E-state index contributed by atoms with van der Waals surface area (Å²) < 4.78 is 0. The first kappa shape index (κ1) is 20.3. The molecule has 0 rings (SSSR count). The molecule has 12 nitrogen and oxygen atoms in total. The van der Waals surface area contributed by atoms with Gasteiger partial charge in [-0.1, -0.05) is 0 Å². The minimum Gasteiger partial charge on any atom is -0.473 e. The SMILES string of the molecule is O=C(O)C(=O)O.O=C(O)C(=O)O.O=C(O)C(=O)O. The maximum atomic E-state index is 9.10. The maximum absolute atomic E-state index is 9.10. The lowest BCUT2D eigenvalue weighted by Crippen LogP contribution is -2.09. The van der Waals surface area contributed by atoms with E-state index in [1.165, 1.54) is 0 Å². The lowest BCUT2D eigenvalue weighted by Gasteiger charge is -1.72. The fraction of sp³-hybridized carbons (Fsp3) is 0. The minimum absolute atomic E-state index is 1.82. The Labute approximate surface area is 96.3 Å². The lowest BCUT2D eigenvalue weighted by atomic mass is 10.7. The van der Waals surface area contributed by atoms with Crippen LogP contribution < -0.4 is 0 Å². The molecule has 0 aliphatic heterocycles. The molecular weight excluding hydrogens is 264 g/mol. The van der Waals surface area contributed by atoms with Crippen LogP contribution in [0.4, 0.5) is 0 Å². The van der Waals surface area contributed by atoms with Crippen molar-refractivity contribution >= 4 is 35.8 Å². The number of hydrogen-bond donors (Lipinski definition) is 6. The molecule has 0 saturated heterocycles. The molecule has 0 aromatic carbocycles. The highest BCUT2D eigenvalue weighted by Crippen LogP contribution is 1.57. The zero-order valence-electron chi connectivity index (χ0n) is 8.13. The van der Waals surface area contributed by atoms with Gasteiger partial charge in [0.25, 0.3) is 0 Å². The molecule has 0 radical (unpaired) electrons. The average molecular weight is 270 g/mol. The summed E-state index contributed by atoms with van der Waals surface area (Å²) >= 11 is 0. The predicted octanol–water partition coefficient (Wildman–Crippen LogP) is -2.53. The Morgan fingerprint density at radius 2 is 0.389 bits per heavy atom. The van der Waals surface area contributed by atoms with Crippen LogP contribution in [0.25, 0.3) is 0 Å². The second kappa shape index (κ2) is 10.3. The summed E-state index contributed by atoms with van der Waals surface area (Å²) in [5.41, 5.74) is 0. The van der Waals surface area contributed by atoms with Gasteiger partial charge in [0, 0.05) is 0 Å². The van der Waals surface area contributed by atoms with E-state index in [9.17, 15) is 0 Å². The highest BCUT2D eigenvalue weighted by atomic mass is 16.5. The molecule has 0 aliphatic carbocycles. The Kier molecular flexibility index (Phi) is 11.6. The number of carbonyl (C=O) groups is 6. The van der Waals surface area contributed by atoms with Gasteiger partial charge in [-0.15, -0.1) is 0 Å². The first-order valence-corrected chi connectivity index (χ1v) is 3.32. The molecule has 0 fully saturated rings. The summed E-state index contributed by atoms with van der Waals surface area (Å²) in [6, 6.07) is 0. The molecule has 0 aromatic rings. The van der Waals surface area contributed by atoms with Crippen molar-refractivity contribution in [3.63, 3.8) is 0 Å². The largest absolute Gasteiger partial charge is 0.473 e. The summed E-state index contributed by atoms with van der Waals surface area (Å²) in [5, 5.41) is 44.3. The molecular formula is C6H6O12. The summed E-state index contributed by atoms with van der Waals surface area (Å²) in [5.74, 6) is -10.9. The smallest absolute Gasteiger partial charge is 0.414 e. The lowest BCUT2D eigenvalue weighted by molar-refractivity contribution is -0.159. The van der Waals surface area contributed by atoms with Crippen molar-refractivity contribution in [3.05, 3.63) is 0 Å². The van der Waals surface area contributed by atoms with Gasteiger partial charge in [-0.05, 0) is 0 Å². The minimum atomic E-state index is -1.82. The average Bonchev–Trinajstić information content (AvgIpc) is 2.18. The number of carboxylic acids is 6. The topological polar surface area (TPSA) is 224 Å². The van der Waals surface area contributed by atoms with Crippen LogP contribution >= 0.6 is 0 Å². The molecule has 0 bridgehead atoms. The number of rotatable bonds is 0. The highest BCUT2D eigenvalue weighted by Gasteiger charge is 2.04. The quantitative estimate of drug-likeness (QED) is 0.250. The van der Waals surface area contributed by atoms with E-state index in [0.717, 1.165) is 0 Å². The van der Waals surface area contributed by atoms with E-state index in [2.05, 4.69) is 0 Å². The summed E-state index contributed by atoms with van der Waals surface area (Å²) in [6.45, 7) is 0. The Bertz CT molecular complexity index is 272. The summed E-state index contributed by atoms with van der Waals surface area (Å²) in [7, 11) is 0. The Morgan fingerprint density at radius 3 is 0.389 bits per heavy atom. The van der Waals surface area contributed by atoms with Crippen LogP contribution in [0.1, 0.15) is 0 Å². The van der Waals surface area contributed by atoms with Crippen LogP contribution in [-0.4, -0.2) is 66.5 Å². The van der Waals surface area contributed by atoms with Crippen molar-refractivity contribution in [1.29, 1.82) is 0 Å². The Balaban J connectivity index is -0.000000187. The summed E-state index contributed by atoms with van der Waals surface area (Å²) in [4.78, 5) is 54.6. The zero-order valence-corrected chi connectivity index (χ0v) is 8.13. The van der Waals surface area contributed by atoms with E-state index in [1.807, 2.05) is 0 Å². The van der Waals surface area contributed by atoms with Gasteiger partial charge < -0.3 is 30.6 Å². The molecule has 0 saturated carbocycles. The van der Waals surface area contributed by atoms with Crippen molar-refractivity contribution in [1.82, 2.24) is 0 Å².